The van der Waals surface area contributed by atoms with Gasteiger partial charge in [0.15, 0.2) is 0 Å². The molecule has 1 aromatic heterocycles. The average Bonchev–Trinajstić information content (AvgIpc) is 3.25. The molecule has 2 aromatic rings. The minimum absolute atomic E-state index is 0.0124. The molecule has 9 heteroatoms. The van der Waals surface area contributed by atoms with E-state index in [1.165, 1.54) is 12.0 Å². The summed E-state index contributed by atoms with van der Waals surface area (Å²) in [7, 11) is 6.69. The van der Waals surface area contributed by atoms with E-state index in [4.69, 9.17) is 9.47 Å². The normalized spacial score (nSPS) is 17.5. The van der Waals surface area contributed by atoms with Gasteiger partial charge in [-0.15, -0.1) is 0 Å². The number of aliphatic hydroxyl groups excluding tert-OH is 1. The van der Waals surface area contributed by atoms with Crippen LogP contribution in [-0.2, 0) is 14.3 Å². The van der Waals surface area contributed by atoms with Crippen molar-refractivity contribution in [3.63, 3.8) is 0 Å². The number of methoxy groups -OCH3 is 2. The van der Waals surface area contributed by atoms with E-state index in [-0.39, 0.29) is 17.0 Å². The van der Waals surface area contributed by atoms with Crippen molar-refractivity contribution in [3.8, 4) is 5.75 Å². The molecule has 1 atom stereocenters. The van der Waals surface area contributed by atoms with Gasteiger partial charge in [-0.2, -0.15) is 0 Å². The van der Waals surface area contributed by atoms with Crippen LogP contribution < -0.4 is 4.74 Å². The smallest absolute Gasteiger partial charge is 0.354 e. The number of aliphatic hydroxyl groups is 1. The molecule has 0 unspecified atom stereocenters. The molecule has 1 fully saturated rings. The monoisotopic (exact) mass is 469 g/mol. The van der Waals surface area contributed by atoms with E-state index in [2.05, 4.69) is 4.98 Å². The van der Waals surface area contributed by atoms with Crippen LogP contribution >= 0.6 is 0 Å². The number of likely N-dealkylation sites (tertiary alicyclic amines) is 1. The number of rotatable bonds is 8. The first-order valence-corrected chi connectivity index (χ1v) is 11.0. The fourth-order valence-electron chi connectivity index (χ4n) is 4.35. The number of hydrogen-bond donors (Lipinski definition) is 2. The summed E-state index contributed by atoms with van der Waals surface area (Å²) in [5, 5.41) is 11.4. The van der Waals surface area contributed by atoms with E-state index in [0.717, 1.165) is 6.54 Å². The summed E-state index contributed by atoms with van der Waals surface area (Å²) in [4.78, 5) is 44.8. The largest absolute Gasteiger partial charge is 0.507 e. The van der Waals surface area contributed by atoms with Crippen LogP contribution in [0.25, 0.3) is 5.76 Å². The van der Waals surface area contributed by atoms with Crippen LogP contribution in [0.15, 0.2) is 29.8 Å². The van der Waals surface area contributed by atoms with Gasteiger partial charge < -0.3 is 29.4 Å². The second-order valence-electron chi connectivity index (χ2n) is 8.54. The summed E-state index contributed by atoms with van der Waals surface area (Å²) >= 11 is 0. The quantitative estimate of drug-likeness (QED) is 0.265. The maximum absolute atomic E-state index is 13.2. The molecule has 34 heavy (non-hydrogen) atoms. The number of amides is 1. The second-order valence-corrected chi connectivity index (χ2v) is 8.54. The lowest BCUT2D eigenvalue weighted by molar-refractivity contribution is -0.139. The number of H-pyrrole nitrogens is 1. The second kappa shape index (κ2) is 10.1. The molecule has 1 amide bonds. The summed E-state index contributed by atoms with van der Waals surface area (Å²) in [6.07, 6.45) is 0.654. The molecule has 2 heterocycles. The van der Waals surface area contributed by atoms with Crippen molar-refractivity contribution in [3.05, 3.63) is 57.9 Å². The zero-order valence-electron chi connectivity index (χ0n) is 20.4. The van der Waals surface area contributed by atoms with Crippen molar-refractivity contribution in [2.45, 2.75) is 26.3 Å². The first-order chi connectivity index (χ1) is 16.1. The maximum atomic E-state index is 13.2. The number of esters is 1. The summed E-state index contributed by atoms with van der Waals surface area (Å²) < 4.78 is 10.0. The van der Waals surface area contributed by atoms with Gasteiger partial charge in [-0.1, -0.05) is 12.1 Å². The third-order valence-corrected chi connectivity index (χ3v) is 6.04. The molecule has 0 aliphatic carbocycles. The fourth-order valence-corrected chi connectivity index (χ4v) is 4.35. The Hall–Kier alpha value is -3.59. The minimum Gasteiger partial charge on any atom is -0.507 e. The number of ether oxygens (including phenoxy) is 2. The van der Waals surface area contributed by atoms with E-state index in [0.29, 0.717) is 41.1 Å². The third kappa shape index (κ3) is 4.56. The molecule has 0 bridgehead atoms. The van der Waals surface area contributed by atoms with Gasteiger partial charge in [-0.3, -0.25) is 9.59 Å². The molecule has 0 spiro atoms. The first-order valence-electron chi connectivity index (χ1n) is 11.0. The molecule has 9 nitrogen and oxygen atoms in total. The predicted molar refractivity (Wildman–Crippen MR) is 127 cm³/mol. The highest BCUT2D eigenvalue weighted by Gasteiger charge is 2.46. The van der Waals surface area contributed by atoms with Crippen LogP contribution in [0.4, 0.5) is 0 Å². The van der Waals surface area contributed by atoms with E-state index < -0.39 is 23.7 Å². The van der Waals surface area contributed by atoms with Gasteiger partial charge in [-0.05, 0) is 64.2 Å². The Labute approximate surface area is 199 Å². The van der Waals surface area contributed by atoms with Crippen molar-refractivity contribution < 1.29 is 29.0 Å². The van der Waals surface area contributed by atoms with Crippen LogP contribution in [-0.4, -0.2) is 79.0 Å². The highest BCUT2D eigenvalue weighted by atomic mass is 16.5. The number of aromatic nitrogens is 1. The van der Waals surface area contributed by atoms with Crippen LogP contribution in [0.1, 0.15) is 45.3 Å². The van der Waals surface area contributed by atoms with Crippen molar-refractivity contribution in [1.29, 1.82) is 0 Å². The summed E-state index contributed by atoms with van der Waals surface area (Å²) in [6.45, 7) is 4.41. The number of aromatic amines is 1. The zero-order chi connectivity index (χ0) is 25.2. The topological polar surface area (TPSA) is 112 Å². The van der Waals surface area contributed by atoms with Crippen LogP contribution in [0.5, 0.6) is 5.75 Å². The lowest BCUT2D eigenvalue weighted by Gasteiger charge is -2.26. The highest BCUT2D eigenvalue weighted by Crippen LogP contribution is 2.41. The van der Waals surface area contributed by atoms with E-state index in [9.17, 15) is 19.5 Å². The number of ketones is 1. The van der Waals surface area contributed by atoms with E-state index in [1.54, 1.807) is 45.2 Å². The molecular weight excluding hydrogens is 438 g/mol. The Morgan fingerprint density at radius 3 is 2.35 bits per heavy atom. The first kappa shape index (κ1) is 25.0. The van der Waals surface area contributed by atoms with E-state index >= 15 is 0 Å². The van der Waals surface area contributed by atoms with Gasteiger partial charge in [-0.25, -0.2) is 4.79 Å². The standard InChI is InChI=1S/C25H31N3O6/c1-14-18(15(2)26-20(14)25(32)34-6)22(29)19-21(16-8-10-17(33-5)11-9-16)28(24(31)23(19)30)13-7-12-27(3)4/h8-11,21,26,29H,7,12-13H2,1-6H3/b22-19+/t21-/m1/s1. The Kier molecular flexibility index (Phi) is 7.46. The molecule has 1 aliphatic rings. The van der Waals surface area contributed by atoms with Crippen molar-refractivity contribution >= 4 is 23.4 Å². The SMILES string of the molecule is COC(=O)c1[nH]c(C)c(/C(O)=C2\C(=O)C(=O)N(CCCN(C)C)[C@@H]2c2ccc(OC)cc2)c1C. The van der Waals surface area contributed by atoms with Crippen molar-refractivity contribution in [1.82, 2.24) is 14.8 Å². The number of Topliss-reactive ketones (excluding diaryl/α,β-unsaturated/α-hetero) is 1. The Bertz CT molecular complexity index is 1130. The number of nitrogens with zero attached hydrogens (tertiary/aromatic N) is 2. The van der Waals surface area contributed by atoms with Gasteiger partial charge >= 0.3 is 5.97 Å². The van der Waals surface area contributed by atoms with Crippen molar-refractivity contribution in [2.75, 3.05) is 41.4 Å². The highest BCUT2D eigenvalue weighted by molar-refractivity contribution is 6.46. The molecular formula is C25H31N3O6. The number of hydrogen-bond acceptors (Lipinski definition) is 7. The molecule has 0 saturated carbocycles. The molecule has 3 rings (SSSR count). The molecule has 182 valence electrons. The Balaban J connectivity index is 2.17. The number of carbonyl (C=O) groups excluding carboxylic acids is 3. The third-order valence-electron chi connectivity index (χ3n) is 6.04. The van der Waals surface area contributed by atoms with Crippen LogP contribution in [0, 0.1) is 13.8 Å². The molecule has 0 radical (unpaired) electrons. The zero-order valence-corrected chi connectivity index (χ0v) is 20.4. The number of nitrogens with one attached hydrogen (secondary N) is 1. The van der Waals surface area contributed by atoms with E-state index in [1.807, 2.05) is 19.0 Å². The lowest BCUT2D eigenvalue weighted by Crippen LogP contribution is -2.32. The maximum Gasteiger partial charge on any atom is 0.354 e. The van der Waals surface area contributed by atoms with Gasteiger partial charge in [0.05, 0.1) is 25.8 Å². The summed E-state index contributed by atoms with van der Waals surface area (Å²) in [6, 6.07) is 6.27. The Morgan fingerprint density at radius 1 is 1.15 bits per heavy atom. The average molecular weight is 470 g/mol. The van der Waals surface area contributed by atoms with Crippen LogP contribution in [0.2, 0.25) is 0 Å². The van der Waals surface area contributed by atoms with Crippen molar-refractivity contribution in [2.24, 2.45) is 0 Å². The van der Waals surface area contributed by atoms with Gasteiger partial charge in [0.25, 0.3) is 11.7 Å². The number of benzene rings is 1. The lowest BCUT2D eigenvalue weighted by atomic mass is 9.94. The fraction of sp³-hybridized carbons (Fsp3) is 0.400. The number of aryl methyl sites for hydroxylation is 1. The summed E-state index contributed by atoms with van der Waals surface area (Å²) in [5.41, 5.74) is 2.08. The number of carbonyl (C=O) groups is 3. The van der Waals surface area contributed by atoms with Gasteiger partial charge in [0.2, 0.25) is 0 Å². The van der Waals surface area contributed by atoms with Crippen LogP contribution in [0.3, 0.4) is 0 Å². The summed E-state index contributed by atoms with van der Waals surface area (Å²) in [5.74, 6) is -1.71. The molecule has 1 saturated heterocycles. The van der Waals surface area contributed by atoms with Gasteiger partial charge in [0.1, 0.15) is 17.2 Å². The molecule has 1 aliphatic heterocycles. The minimum atomic E-state index is -0.775. The van der Waals surface area contributed by atoms with Gasteiger partial charge in [0, 0.05) is 17.8 Å². The molecule has 1 aromatic carbocycles. The predicted octanol–water partition coefficient (Wildman–Crippen LogP) is 2.80. The Morgan fingerprint density at radius 2 is 1.79 bits per heavy atom. The molecule has 2 N–H and O–H groups in total.